The van der Waals surface area contributed by atoms with E-state index in [1.54, 1.807) is 30.3 Å². The normalized spacial score (nSPS) is 21.2. The van der Waals surface area contributed by atoms with Crippen LogP contribution in [0.4, 0.5) is 0 Å². The Hall–Kier alpha value is -3.52. The number of amides is 1. The van der Waals surface area contributed by atoms with E-state index in [2.05, 4.69) is 0 Å². The molecular weight excluding hydrogens is 426 g/mol. The number of likely N-dealkylation sites (tertiary alicyclic amines) is 1. The molecule has 1 saturated heterocycles. The number of nitrogens with zero attached hydrogens (tertiary/aromatic N) is 1. The number of hydrogen-bond donors (Lipinski definition) is 1. The van der Waals surface area contributed by atoms with Gasteiger partial charge < -0.3 is 29.0 Å². The number of rotatable bonds is 7. The van der Waals surface area contributed by atoms with Crippen LogP contribution in [-0.2, 0) is 20.7 Å². The third-order valence-corrected chi connectivity index (χ3v) is 5.97. The Bertz CT molecular complexity index is 1120. The van der Waals surface area contributed by atoms with Crippen LogP contribution in [-0.4, -0.2) is 62.3 Å². The van der Waals surface area contributed by atoms with Crippen LogP contribution in [0, 0.1) is 0 Å². The fraction of sp³-hybridized carbons (Fsp3) is 0.360. The predicted octanol–water partition coefficient (Wildman–Crippen LogP) is 3.10. The van der Waals surface area contributed by atoms with E-state index in [0.717, 1.165) is 11.3 Å². The van der Waals surface area contributed by atoms with Crippen LogP contribution in [0.25, 0.3) is 5.76 Å². The van der Waals surface area contributed by atoms with Crippen molar-refractivity contribution in [2.45, 2.75) is 25.5 Å². The topological polar surface area (TPSA) is 94.5 Å². The zero-order valence-electron chi connectivity index (χ0n) is 19.1. The lowest BCUT2D eigenvalue weighted by molar-refractivity contribution is -0.140. The summed E-state index contributed by atoms with van der Waals surface area (Å²) in [5.41, 5.74) is 2.04. The van der Waals surface area contributed by atoms with Crippen molar-refractivity contribution in [3.63, 3.8) is 0 Å². The molecule has 33 heavy (non-hydrogen) atoms. The van der Waals surface area contributed by atoms with Gasteiger partial charge in [0.05, 0.1) is 32.4 Å². The van der Waals surface area contributed by atoms with E-state index in [1.807, 2.05) is 13.0 Å². The minimum atomic E-state index is -0.802. The Kier molecular flexibility index (Phi) is 6.29. The Morgan fingerprint density at radius 1 is 1.09 bits per heavy atom. The molecule has 1 N–H and O–H groups in total. The second kappa shape index (κ2) is 9.15. The van der Waals surface area contributed by atoms with Gasteiger partial charge in [0, 0.05) is 25.6 Å². The summed E-state index contributed by atoms with van der Waals surface area (Å²) in [5.74, 6) is 0.0743. The highest BCUT2D eigenvalue weighted by Gasteiger charge is 2.46. The van der Waals surface area contributed by atoms with Crippen molar-refractivity contribution in [1.82, 2.24) is 4.90 Å². The largest absolute Gasteiger partial charge is 0.507 e. The van der Waals surface area contributed by atoms with Gasteiger partial charge in [-0.25, -0.2) is 0 Å². The molecule has 2 aromatic rings. The lowest BCUT2D eigenvalue weighted by atomic mass is 9.94. The summed E-state index contributed by atoms with van der Waals surface area (Å²) in [5, 5.41) is 11.3. The van der Waals surface area contributed by atoms with E-state index < -0.39 is 17.7 Å². The molecule has 2 aliphatic heterocycles. The molecule has 0 bridgehead atoms. The maximum atomic E-state index is 13.1. The Morgan fingerprint density at radius 2 is 1.85 bits per heavy atom. The summed E-state index contributed by atoms with van der Waals surface area (Å²) in [6.45, 7) is 2.40. The van der Waals surface area contributed by atoms with E-state index in [1.165, 1.54) is 26.2 Å². The number of Topliss-reactive ketones (excluding diaryl/α,β-unsaturated/α-hetero) is 1. The van der Waals surface area contributed by atoms with Crippen molar-refractivity contribution in [2.75, 3.05) is 34.5 Å². The molecule has 0 radical (unpaired) electrons. The first-order chi connectivity index (χ1) is 15.9. The molecule has 0 aliphatic carbocycles. The number of methoxy groups -OCH3 is 3. The van der Waals surface area contributed by atoms with E-state index >= 15 is 0 Å². The van der Waals surface area contributed by atoms with Gasteiger partial charge >= 0.3 is 0 Å². The summed E-state index contributed by atoms with van der Waals surface area (Å²) in [6.07, 6.45) is 0.751. The average molecular weight is 453 g/mol. The first kappa shape index (κ1) is 22.7. The second-order valence-electron chi connectivity index (χ2n) is 8.05. The van der Waals surface area contributed by atoms with E-state index in [0.29, 0.717) is 29.0 Å². The summed E-state index contributed by atoms with van der Waals surface area (Å²) in [4.78, 5) is 27.5. The molecule has 8 nitrogen and oxygen atoms in total. The second-order valence-corrected chi connectivity index (χ2v) is 8.05. The monoisotopic (exact) mass is 453 g/mol. The minimum Gasteiger partial charge on any atom is -0.507 e. The van der Waals surface area contributed by atoms with Gasteiger partial charge in [-0.3, -0.25) is 9.59 Å². The van der Waals surface area contributed by atoms with Gasteiger partial charge in [-0.05, 0) is 48.4 Å². The lowest BCUT2D eigenvalue weighted by Gasteiger charge is -2.25. The van der Waals surface area contributed by atoms with Gasteiger partial charge in [-0.15, -0.1) is 0 Å². The van der Waals surface area contributed by atoms with Crippen LogP contribution >= 0.6 is 0 Å². The van der Waals surface area contributed by atoms with Crippen LogP contribution in [0.1, 0.15) is 29.7 Å². The summed E-state index contributed by atoms with van der Waals surface area (Å²) in [7, 11) is 4.56. The van der Waals surface area contributed by atoms with E-state index in [9.17, 15) is 14.7 Å². The number of benzene rings is 2. The quantitative estimate of drug-likeness (QED) is 0.391. The Balaban J connectivity index is 1.85. The van der Waals surface area contributed by atoms with Crippen molar-refractivity contribution in [1.29, 1.82) is 0 Å². The number of hydrogen-bond acceptors (Lipinski definition) is 7. The number of ether oxygens (including phenoxy) is 4. The van der Waals surface area contributed by atoms with Gasteiger partial charge in [-0.2, -0.15) is 0 Å². The van der Waals surface area contributed by atoms with Gasteiger partial charge in [0.15, 0.2) is 11.5 Å². The van der Waals surface area contributed by atoms with Crippen LogP contribution < -0.4 is 14.2 Å². The highest BCUT2D eigenvalue weighted by molar-refractivity contribution is 6.46. The molecule has 174 valence electrons. The van der Waals surface area contributed by atoms with Gasteiger partial charge in [0.25, 0.3) is 11.7 Å². The SMILES string of the molecule is COCCN1C(=O)C(=O)/C(=C(/O)c2ccc3c(c2)CC(C)O3)C1c1ccc(OC)c(OC)c1. The molecule has 2 unspecified atom stereocenters. The molecule has 0 aromatic heterocycles. The first-order valence-corrected chi connectivity index (χ1v) is 10.7. The molecule has 8 heteroatoms. The molecule has 1 fully saturated rings. The molecule has 1 amide bonds. The Morgan fingerprint density at radius 3 is 2.55 bits per heavy atom. The molecular formula is C25H27NO7. The molecule has 2 heterocycles. The summed E-state index contributed by atoms with van der Waals surface area (Å²) in [6, 6.07) is 9.65. The molecule has 4 rings (SSSR count). The average Bonchev–Trinajstić information content (AvgIpc) is 3.32. The van der Waals surface area contributed by atoms with Crippen LogP contribution in [0.3, 0.4) is 0 Å². The van der Waals surface area contributed by atoms with Crippen molar-refractivity contribution in [2.24, 2.45) is 0 Å². The maximum Gasteiger partial charge on any atom is 0.295 e. The van der Waals surface area contributed by atoms with E-state index in [4.69, 9.17) is 18.9 Å². The van der Waals surface area contributed by atoms with Crippen LogP contribution in [0.15, 0.2) is 42.0 Å². The highest BCUT2D eigenvalue weighted by atomic mass is 16.5. The molecule has 0 saturated carbocycles. The fourth-order valence-corrected chi connectivity index (χ4v) is 4.39. The maximum absolute atomic E-state index is 13.1. The number of aliphatic hydroxyl groups excluding tert-OH is 1. The first-order valence-electron chi connectivity index (χ1n) is 10.7. The van der Waals surface area contributed by atoms with Crippen molar-refractivity contribution in [3.05, 3.63) is 58.7 Å². The molecule has 2 aromatic carbocycles. The molecule has 0 spiro atoms. The number of aliphatic hydroxyl groups is 1. The van der Waals surface area contributed by atoms with Crippen molar-refractivity contribution < 1.29 is 33.6 Å². The predicted molar refractivity (Wildman–Crippen MR) is 121 cm³/mol. The van der Waals surface area contributed by atoms with Crippen LogP contribution in [0.5, 0.6) is 17.2 Å². The van der Waals surface area contributed by atoms with Crippen molar-refractivity contribution in [3.8, 4) is 17.2 Å². The zero-order valence-corrected chi connectivity index (χ0v) is 19.1. The van der Waals surface area contributed by atoms with Crippen LogP contribution in [0.2, 0.25) is 0 Å². The number of ketones is 1. The highest BCUT2D eigenvalue weighted by Crippen LogP contribution is 2.42. The molecule has 2 atom stereocenters. The standard InChI is InChI=1S/C25H27NO7/c1-14-11-17-12-16(6-7-18(17)33-14)23(27)21-22(26(9-10-30-2)25(29)24(21)28)15-5-8-19(31-3)20(13-15)32-4/h5-8,12-14,22,27H,9-11H2,1-4H3/b23-21+. The number of carbonyl (C=O) groups excluding carboxylic acids is 2. The Labute approximate surface area is 192 Å². The van der Waals surface area contributed by atoms with Gasteiger partial charge in [0.2, 0.25) is 0 Å². The smallest absolute Gasteiger partial charge is 0.295 e. The number of carbonyl (C=O) groups is 2. The van der Waals surface area contributed by atoms with Gasteiger partial charge in [-0.1, -0.05) is 6.07 Å². The zero-order chi connectivity index (χ0) is 23.7. The van der Waals surface area contributed by atoms with Gasteiger partial charge in [0.1, 0.15) is 17.6 Å². The van der Waals surface area contributed by atoms with Crippen molar-refractivity contribution >= 4 is 17.4 Å². The summed E-state index contributed by atoms with van der Waals surface area (Å²) < 4.78 is 21.6. The third kappa shape index (κ3) is 4.02. The fourth-order valence-electron chi connectivity index (χ4n) is 4.39. The lowest BCUT2D eigenvalue weighted by Crippen LogP contribution is -2.32. The molecule has 2 aliphatic rings. The summed E-state index contributed by atoms with van der Waals surface area (Å²) >= 11 is 0. The minimum absolute atomic E-state index is 0.0234. The third-order valence-electron chi connectivity index (χ3n) is 5.97. The van der Waals surface area contributed by atoms with E-state index in [-0.39, 0.29) is 30.6 Å². The number of fused-ring (bicyclic) bond motifs is 1.